The fourth-order valence-corrected chi connectivity index (χ4v) is 2.42. The van der Waals surface area contributed by atoms with Crippen molar-refractivity contribution in [3.63, 3.8) is 0 Å². The van der Waals surface area contributed by atoms with Gasteiger partial charge in [0, 0.05) is 17.7 Å². The number of hydrogen-bond acceptors (Lipinski definition) is 4. The van der Waals surface area contributed by atoms with Gasteiger partial charge in [-0.15, -0.1) is 0 Å². The van der Waals surface area contributed by atoms with Crippen molar-refractivity contribution >= 4 is 5.91 Å². The van der Waals surface area contributed by atoms with Crippen molar-refractivity contribution in [2.75, 3.05) is 20.3 Å². The van der Waals surface area contributed by atoms with Crippen LogP contribution >= 0.6 is 0 Å². The maximum atomic E-state index is 12.5. The third kappa shape index (κ3) is 5.41. The number of para-hydroxylation sites is 1. The van der Waals surface area contributed by atoms with Crippen LogP contribution in [0.4, 0.5) is 0 Å². The molecule has 2 aromatic rings. The Morgan fingerprint density at radius 3 is 2.50 bits per heavy atom. The van der Waals surface area contributed by atoms with Gasteiger partial charge < -0.3 is 19.5 Å². The van der Waals surface area contributed by atoms with Gasteiger partial charge in [0.2, 0.25) is 0 Å². The predicted octanol–water partition coefficient (Wildman–Crippen LogP) is 4.06. The third-order valence-corrected chi connectivity index (χ3v) is 3.71. The number of carbonyl (C=O) groups is 1. The van der Waals surface area contributed by atoms with E-state index in [1.165, 1.54) is 0 Å². The second-order valence-corrected chi connectivity index (χ2v) is 6.29. The van der Waals surface area contributed by atoms with E-state index in [1.807, 2.05) is 31.2 Å². The molecule has 0 saturated carbocycles. The molecule has 5 heteroatoms. The maximum absolute atomic E-state index is 12.5. The topological polar surface area (TPSA) is 56.8 Å². The summed E-state index contributed by atoms with van der Waals surface area (Å²) in [7, 11) is 1.62. The maximum Gasteiger partial charge on any atom is 0.251 e. The monoisotopic (exact) mass is 357 g/mol. The highest BCUT2D eigenvalue weighted by molar-refractivity contribution is 5.94. The summed E-state index contributed by atoms with van der Waals surface area (Å²) in [4.78, 5) is 12.5. The number of ether oxygens (including phenoxy) is 3. The molecule has 5 nitrogen and oxygen atoms in total. The lowest BCUT2D eigenvalue weighted by atomic mass is 10.1. The van der Waals surface area contributed by atoms with Crippen LogP contribution in [0.25, 0.3) is 0 Å². The number of hydrogen-bond donors (Lipinski definition) is 1. The Bertz CT molecular complexity index is 728. The zero-order valence-electron chi connectivity index (χ0n) is 15.9. The van der Waals surface area contributed by atoms with Crippen LogP contribution in [0, 0.1) is 5.92 Å². The van der Waals surface area contributed by atoms with E-state index in [0.717, 1.165) is 11.3 Å². The average molecular weight is 357 g/mol. The Labute approximate surface area is 155 Å². The molecule has 0 bridgehead atoms. The lowest BCUT2D eigenvalue weighted by molar-refractivity contribution is 0.0950. The Kier molecular flexibility index (Phi) is 7.33. The van der Waals surface area contributed by atoms with Crippen LogP contribution in [-0.4, -0.2) is 26.2 Å². The van der Waals surface area contributed by atoms with Gasteiger partial charge in [0.25, 0.3) is 5.91 Å². The molecular formula is C21H27NO4. The molecule has 140 valence electrons. The number of carbonyl (C=O) groups excluding carboxylic acids is 1. The molecule has 0 heterocycles. The first kappa shape index (κ1) is 19.6. The largest absolute Gasteiger partial charge is 0.496 e. The van der Waals surface area contributed by atoms with Gasteiger partial charge in [0.05, 0.1) is 20.3 Å². The van der Waals surface area contributed by atoms with Gasteiger partial charge in [-0.1, -0.05) is 32.0 Å². The van der Waals surface area contributed by atoms with E-state index in [1.54, 1.807) is 25.3 Å². The lowest BCUT2D eigenvalue weighted by Crippen LogP contribution is -2.23. The van der Waals surface area contributed by atoms with Crippen LogP contribution in [-0.2, 0) is 6.54 Å². The molecule has 0 spiro atoms. The molecule has 0 aromatic heterocycles. The van der Waals surface area contributed by atoms with Crippen LogP contribution < -0.4 is 19.5 Å². The van der Waals surface area contributed by atoms with Gasteiger partial charge in [-0.3, -0.25) is 4.79 Å². The fraction of sp³-hybridized carbons (Fsp3) is 0.381. The first-order valence-electron chi connectivity index (χ1n) is 8.84. The Hall–Kier alpha value is -2.69. The van der Waals surface area contributed by atoms with E-state index in [0.29, 0.717) is 42.7 Å². The third-order valence-electron chi connectivity index (χ3n) is 3.71. The summed E-state index contributed by atoms with van der Waals surface area (Å²) in [6, 6.07) is 12.9. The van der Waals surface area contributed by atoms with Gasteiger partial charge in [0.1, 0.15) is 5.75 Å². The van der Waals surface area contributed by atoms with Crippen molar-refractivity contribution in [3.8, 4) is 17.2 Å². The highest BCUT2D eigenvalue weighted by Gasteiger charge is 2.13. The van der Waals surface area contributed by atoms with E-state index in [4.69, 9.17) is 14.2 Å². The zero-order chi connectivity index (χ0) is 18.9. The molecule has 1 amide bonds. The standard InChI is InChI=1S/C21H27NO4/c1-5-25-20-12-16(10-11-19(20)26-14-15(2)3)21(23)22-13-17-8-6-7-9-18(17)24-4/h6-12,15H,5,13-14H2,1-4H3,(H,22,23). The average Bonchev–Trinajstić information content (AvgIpc) is 2.65. The highest BCUT2D eigenvalue weighted by Crippen LogP contribution is 2.29. The number of rotatable bonds is 9. The number of nitrogens with one attached hydrogen (secondary N) is 1. The van der Waals surface area contributed by atoms with Crippen LogP contribution in [0.3, 0.4) is 0 Å². The quantitative estimate of drug-likeness (QED) is 0.735. The molecule has 0 saturated heterocycles. The van der Waals surface area contributed by atoms with Crippen LogP contribution in [0.5, 0.6) is 17.2 Å². The number of methoxy groups -OCH3 is 1. The van der Waals surface area contributed by atoms with Gasteiger partial charge in [-0.05, 0) is 37.1 Å². The molecule has 2 aromatic carbocycles. The molecule has 0 aliphatic heterocycles. The summed E-state index contributed by atoms with van der Waals surface area (Å²) in [6.45, 7) is 7.56. The minimum atomic E-state index is -0.174. The zero-order valence-corrected chi connectivity index (χ0v) is 15.9. The van der Waals surface area contributed by atoms with Crippen molar-refractivity contribution in [2.24, 2.45) is 5.92 Å². The van der Waals surface area contributed by atoms with Gasteiger partial charge >= 0.3 is 0 Å². The normalized spacial score (nSPS) is 10.5. The van der Waals surface area contributed by atoms with E-state index in [-0.39, 0.29) is 5.91 Å². The summed E-state index contributed by atoms with van der Waals surface area (Å²) in [5, 5.41) is 2.91. The molecule has 0 unspecified atom stereocenters. The first-order chi connectivity index (χ1) is 12.5. The second kappa shape index (κ2) is 9.70. The fourth-order valence-electron chi connectivity index (χ4n) is 2.42. The Balaban J connectivity index is 2.09. The lowest BCUT2D eigenvalue weighted by Gasteiger charge is -2.15. The smallest absolute Gasteiger partial charge is 0.251 e. The summed E-state index contributed by atoms with van der Waals surface area (Å²) < 4.78 is 16.7. The second-order valence-electron chi connectivity index (χ2n) is 6.29. The SMILES string of the molecule is CCOc1cc(C(=O)NCc2ccccc2OC)ccc1OCC(C)C. The summed E-state index contributed by atoms with van der Waals surface area (Å²) >= 11 is 0. The van der Waals surface area contributed by atoms with Crippen molar-refractivity contribution < 1.29 is 19.0 Å². The van der Waals surface area contributed by atoms with E-state index < -0.39 is 0 Å². The molecular weight excluding hydrogens is 330 g/mol. The summed E-state index contributed by atoms with van der Waals surface area (Å²) in [5.74, 6) is 2.22. The molecule has 0 aliphatic carbocycles. The molecule has 0 radical (unpaired) electrons. The van der Waals surface area contributed by atoms with Crippen LogP contribution in [0.15, 0.2) is 42.5 Å². The Morgan fingerprint density at radius 1 is 1.04 bits per heavy atom. The van der Waals surface area contributed by atoms with Crippen molar-refractivity contribution in [3.05, 3.63) is 53.6 Å². The predicted molar refractivity (Wildman–Crippen MR) is 102 cm³/mol. The summed E-state index contributed by atoms with van der Waals surface area (Å²) in [6.07, 6.45) is 0. The van der Waals surface area contributed by atoms with Crippen molar-refractivity contribution in [1.82, 2.24) is 5.32 Å². The molecule has 1 N–H and O–H groups in total. The number of amides is 1. The van der Waals surface area contributed by atoms with Crippen molar-refractivity contribution in [1.29, 1.82) is 0 Å². The minimum Gasteiger partial charge on any atom is -0.496 e. The van der Waals surface area contributed by atoms with E-state index >= 15 is 0 Å². The van der Waals surface area contributed by atoms with Gasteiger partial charge in [0.15, 0.2) is 11.5 Å². The first-order valence-corrected chi connectivity index (χ1v) is 8.84. The van der Waals surface area contributed by atoms with Gasteiger partial charge in [-0.2, -0.15) is 0 Å². The molecule has 26 heavy (non-hydrogen) atoms. The van der Waals surface area contributed by atoms with E-state index in [9.17, 15) is 4.79 Å². The number of benzene rings is 2. The van der Waals surface area contributed by atoms with Gasteiger partial charge in [-0.25, -0.2) is 0 Å². The Morgan fingerprint density at radius 2 is 1.81 bits per heavy atom. The molecule has 0 atom stereocenters. The highest BCUT2D eigenvalue weighted by atomic mass is 16.5. The molecule has 2 rings (SSSR count). The molecule has 0 aliphatic rings. The van der Waals surface area contributed by atoms with Crippen molar-refractivity contribution in [2.45, 2.75) is 27.3 Å². The molecule has 0 fully saturated rings. The van der Waals surface area contributed by atoms with Crippen LogP contribution in [0.2, 0.25) is 0 Å². The summed E-state index contributed by atoms with van der Waals surface area (Å²) in [5.41, 5.74) is 1.45. The van der Waals surface area contributed by atoms with E-state index in [2.05, 4.69) is 19.2 Å². The minimum absolute atomic E-state index is 0.174. The van der Waals surface area contributed by atoms with Crippen LogP contribution in [0.1, 0.15) is 36.7 Å².